The van der Waals surface area contributed by atoms with Crippen LogP contribution in [0.1, 0.15) is 71.3 Å². The zero-order valence-electron chi connectivity index (χ0n) is 23.9. The first-order valence-corrected chi connectivity index (χ1v) is 14.2. The number of nitrogens with two attached hydrogens (primary N) is 1. The van der Waals surface area contributed by atoms with Gasteiger partial charge in [0.25, 0.3) is 0 Å². The first-order chi connectivity index (χ1) is 17.9. The number of unbranched alkanes of at least 4 members (excludes halogenated alkanes) is 1. The highest BCUT2D eigenvalue weighted by Gasteiger charge is 2.39. The summed E-state index contributed by atoms with van der Waals surface area (Å²) in [5, 5.41) is 0. The van der Waals surface area contributed by atoms with E-state index in [2.05, 4.69) is 66.8 Å². The number of benzene rings is 1. The lowest BCUT2D eigenvalue weighted by atomic mass is 9.79. The number of anilines is 1. The molecule has 0 bridgehead atoms. The summed E-state index contributed by atoms with van der Waals surface area (Å²) >= 11 is 0. The highest BCUT2D eigenvalue weighted by molar-refractivity contribution is 5.95. The first kappa shape index (κ1) is 32.8. The first-order valence-electron chi connectivity index (χ1n) is 14.2. The van der Waals surface area contributed by atoms with Crippen LogP contribution in [0.3, 0.4) is 0 Å². The maximum atomic E-state index is 11.2. The number of aryl methyl sites for hydroxylation is 1. The van der Waals surface area contributed by atoms with E-state index in [9.17, 15) is 9.59 Å². The van der Waals surface area contributed by atoms with Gasteiger partial charge in [-0.1, -0.05) is 52.2 Å². The molecule has 0 aromatic heterocycles. The third kappa shape index (κ3) is 10.9. The van der Waals surface area contributed by atoms with Crippen LogP contribution in [0, 0.1) is 11.3 Å². The van der Waals surface area contributed by atoms with Crippen LogP contribution in [-0.2, 0) is 20.8 Å². The van der Waals surface area contributed by atoms with Crippen molar-refractivity contribution < 1.29 is 14.4 Å². The molecule has 0 spiro atoms. The van der Waals surface area contributed by atoms with E-state index in [4.69, 9.17) is 10.5 Å². The summed E-state index contributed by atoms with van der Waals surface area (Å²) in [6.45, 7) is 16.1. The third-order valence-corrected chi connectivity index (χ3v) is 8.09. The van der Waals surface area contributed by atoms with Gasteiger partial charge in [0.15, 0.2) is 0 Å². The lowest BCUT2D eigenvalue weighted by molar-refractivity contribution is -0.137. The predicted molar refractivity (Wildman–Crippen MR) is 154 cm³/mol. The van der Waals surface area contributed by atoms with Gasteiger partial charge in [0.05, 0.1) is 0 Å². The number of aldehydes is 1. The Hall–Kier alpha value is -2.25. The molecule has 2 N–H and O–H groups in total. The molecule has 2 heterocycles. The van der Waals surface area contributed by atoms with E-state index in [0.717, 1.165) is 44.9 Å². The molecule has 37 heavy (non-hydrogen) atoms. The second-order valence-electron chi connectivity index (χ2n) is 10.5. The van der Waals surface area contributed by atoms with Crippen molar-refractivity contribution in [3.8, 4) is 0 Å². The minimum Gasteiger partial charge on any atom is -0.369 e. The van der Waals surface area contributed by atoms with Crippen LogP contribution in [0.2, 0.25) is 0 Å². The van der Waals surface area contributed by atoms with Gasteiger partial charge in [0.1, 0.15) is 18.5 Å². The van der Waals surface area contributed by atoms with E-state index in [1.54, 1.807) is 0 Å². The normalized spacial score (nSPS) is 17.8. The summed E-state index contributed by atoms with van der Waals surface area (Å²) in [6, 6.07) is 9.28. The van der Waals surface area contributed by atoms with E-state index in [0.29, 0.717) is 12.8 Å². The lowest BCUT2D eigenvalue weighted by Crippen LogP contribution is -2.48. The van der Waals surface area contributed by atoms with E-state index in [1.807, 2.05) is 6.79 Å². The van der Waals surface area contributed by atoms with Gasteiger partial charge in [-0.2, -0.15) is 0 Å². The Morgan fingerprint density at radius 2 is 1.57 bits per heavy atom. The molecule has 7 heteroatoms. The number of nitrogens with zero attached hydrogens (tertiary/aromatic N) is 3. The Kier molecular flexibility index (Phi) is 16.0. The Labute approximate surface area is 225 Å². The van der Waals surface area contributed by atoms with Crippen LogP contribution in [0.4, 0.5) is 5.69 Å². The highest BCUT2D eigenvalue weighted by atomic mass is 16.2. The van der Waals surface area contributed by atoms with Crippen molar-refractivity contribution in [1.29, 1.82) is 0 Å². The summed E-state index contributed by atoms with van der Waals surface area (Å²) < 4.78 is 0. The van der Waals surface area contributed by atoms with Crippen LogP contribution in [0.15, 0.2) is 24.3 Å². The van der Waals surface area contributed by atoms with Crippen LogP contribution >= 0.6 is 0 Å². The Balaban J connectivity index is 0.000000360. The smallest absolute Gasteiger partial charge is 0.230 e. The van der Waals surface area contributed by atoms with E-state index in [1.165, 1.54) is 62.9 Å². The molecular weight excluding hydrogens is 464 g/mol. The maximum absolute atomic E-state index is 11.2. The minimum atomic E-state index is -0.886. The average molecular weight is 517 g/mol. The number of carbonyl (C=O) groups is 3. The lowest BCUT2D eigenvalue weighted by Gasteiger charge is -2.36. The molecule has 0 saturated carbocycles. The summed E-state index contributed by atoms with van der Waals surface area (Å²) in [5.74, 6) is 0.431. The van der Waals surface area contributed by atoms with Gasteiger partial charge in [-0.15, -0.1) is 0 Å². The molecule has 2 saturated heterocycles. The van der Waals surface area contributed by atoms with Crippen molar-refractivity contribution in [2.75, 3.05) is 57.8 Å². The molecular formula is C30H52N4O3. The van der Waals surface area contributed by atoms with Gasteiger partial charge in [0.2, 0.25) is 5.91 Å². The largest absolute Gasteiger partial charge is 0.369 e. The zero-order chi connectivity index (χ0) is 27.7. The zero-order valence-corrected chi connectivity index (χ0v) is 23.9. The minimum absolute atomic E-state index is 0.465. The number of likely N-dealkylation sites (N-methyl/N-ethyl adjacent to an activating group) is 1. The van der Waals surface area contributed by atoms with Crippen molar-refractivity contribution in [1.82, 2.24) is 9.80 Å². The average Bonchev–Trinajstić information content (AvgIpc) is 2.95. The van der Waals surface area contributed by atoms with Gasteiger partial charge in [-0.3, -0.25) is 4.79 Å². The molecule has 210 valence electrons. The number of carbonyl (C=O) groups excluding carboxylic acids is 3. The van der Waals surface area contributed by atoms with E-state index in [-0.39, 0.29) is 0 Å². The highest BCUT2D eigenvalue weighted by Crippen LogP contribution is 2.29. The van der Waals surface area contributed by atoms with E-state index < -0.39 is 11.3 Å². The molecule has 7 nitrogen and oxygen atoms in total. The number of rotatable bonds is 11. The summed E-state index contributed by atoms with van der Waals surface area (Å²) in [5.41, 5.74) is 7.27. The molecule has 0 radical (unpaired) electrons. The fourth-order valence-electron chi connectivity index (χ4n) is 4.99. The van der Waals surface area contributed by atoms with Crippen LogP contribution in [0.25, 0.3) is 0 Å². The number of primary amides is 1. The monoisotopic (exact) mass is 516 g/mol. The van der Waals surface area contributed by atoms with Crippen LogP contribution in [0.5, 0.6) is 0 Å². The fraction of sp³-hybridized carbons (Fsp3) is 0.700. The van der Waals surface area contributed by atoms with Crippen molar-refractivity contribution in [3.05, 3.63) is 29.8 Å². The van der Waals surface area contributed by atoms with Crippen molar-refractivity contribution in [3.63, 3.8) is 0 Å². The van der Waals surface area contributed by atoms with Gasteiger partial charge >= 0.3 is 0 Å². The molecule has 1 aromatic carbocycles. The van der Waals surface area contributed by atoms with Gasteiger partial charge in [0, 0.05) is 31.9 Å². The second kappa shape index (κ2) is 18.1. The molecule has 1 aromatic rings. The molecule has 2 aliphatic heterocycles. The summed E-state index contributed by atoms with van der Waals surface area (Å²) in [6.07, 6.45) is 9.44. The Morgan fingerprint density at radius 1 is 1.00 bits per heavy atom. The summed E-state index contributed by atoms with van der Waals surface area (Å²) in [4.78, 5) is 37.3. The number of piperidine rings is 1. The van der Waals surface area contributed by atoms with Crippen LogP contribution < -0.4 is 10.6 Å². The molecule has 2 aliphatic rings. The molecule has 2 fully saturated rings. The quantitative estimate of drug-likeness (QED) is 0.351. The number of likely N-dealkylation sites (tertiary alicyclic amines) is 1. The van der Waals surface area contributed by atoms with Crippen molar-refractivity contribution in [2.45, 2.75) is 72.1 Å². The molecule has 0 aliphatic carbocycles. The van der Waals surface area contributed by atoms with Crippen molar-refractivity contribution in [2.24, 2.45) is 17.1 Å². The van der Waals surface area contributed by atoms with Crippen LogP contribution in [-0.4, -0.2) is 81.6 Å². The van der Waals surface area contributed by atoms with Gasteiger partial charge in [-0.05, 0) is 82.4 Å². The number of hydrogen-bond acceptors (Lipinski definition) is 6. The fourth-order valence-corrected chi connectivity index (χ4v) is 4.99. The number of hydrogen-bond donors (Lipinski definition) is 1. The van der Waals surface area contributed by atoms with Gasteiger partial charge in [-0.25, -0.2) is 0 Å². The Morgan fingerprint density at radius 3 is 2.03 bits per heavy atom. The SMILES string of the molecule is C=O.CCC(CC)CCc1ccc(N2CCN(C)CC2)cc1.CCCCN1CCC(C=O)(C(N)=O)CC1. The summed E-state index contributed by atoms with van der Waals surface area (Å²) in [7, 11) is 2.21. The topological polar surface area (TPSA) is 87.0 Å². The molecule has 0 atom stereocenters. The number of piperazine rings is 1. The number of amides is 1. The standard InChI is InChI=1S/C18H30N2.C11H20N2O2.CH2O/c1-4-16(5-2)6-7-17-8-10-18(11-9-17)20-14-12-19(3)13-15-20;1-2-3-6-13-7-4-11(9-14,5-8-13)10(12)15;1-2/h8-11,16H,4-7,12-15H2,1-3H3;9H,2-8H2,1H3,(H2,12,15);1H2. The molecule has 1 amide bonds. The maximum Gasteiger partial charge on any atom is 0.230 e. The van der Waals surface area contributed by atoms with E-state index >= 15 is 0 Å². The predicted octanol–water partition coefficient (Wildman–Crippen LogP) is 4.18. The second-order valence-corrected chi connectivity index (χ2v) is 10.5. The third-order valence-electron chi connectivity index (χ3n) is 8.09. The molecule has 3 rings (SSSR count). The van der Waals surface area contributed by atoms with Gasteiger partial charge < -0.3 is 30.0 Å². The molecule has 0 unspecified atom stereocenters. The van der Waals surface area contributed by atoms with Crippen molar-refractivity contribution >= 4 is 24.7 Å². The Bertz CT molecular complexity index is 751.